The van der Waals surface area contributed by atoms with Crippen molar-refractivity contribution in [2.24, 2.45) is 5.73 Å². The molecule has 2 amide bonds. The number of carbonyl (C=O) groups excluding carboxylic acids is 3. The molecule has 2 atom stereocenters. The van der Waals surface area contributed by atoms with Gasteiger partial charge in [0.1, 0.15) is 34.5 Å². The molecule has 2 aromatic rings. The minimum Gasteiger partial charge on any atom is -0.496 e. The molecule has 0 aromatic heterocycles. The van der Waals surface area contributed by atoms with Gasteiger partial charge >= 0.3 is 12.1 Å². The topological polar surface area (TPSA) is 170 Å². The Morgan fingerprint density at radius 1 is 0.844 bits per heavy atom. The lowest BCUT2D eigenvalue weighted by Crippen LogP contribution is -2.51. The maximum absolute atomic E-state index is 13.8. The number of nitrogens with two attached hydrogens (primary N) is 1. The molecule has 14 heteroatoms. The van der Waals surface area contributed by atoms with Gasteiger partial charge in [-0.1, -0.05) is 17.7 Å². The molecule has 0 bridgehead atoms. The maximum Gasteiger partial charge on any atom is 0.411 e. The second-order valence-corrected chi connectivity index (χ2v) is 13.7. The van der Waals surface area contributed by atoms with Gasteiger partial charge in [-0.05, 0) is 60.6 Å². The molecule has 0 aliphatic rings. The summed E-state index contributed by atoms with van der Waals surface area (Å²) in [5.74, 6) is -1.28. The van der Waals surface area contributed by atoms with Crippen molar-refractivity contribution in [3.05, 3.63) is 47.5 Å². The highest BCUT2D eigenvalue weighted by Gasteiger charge is 2.41. The van der Waals surface area contributed by atoms with Crippen LogP contribution in [0.15, 0.2) is 41.3 Å². The van der Waals surface area contributed by atoms with E-state index in [9.17, 15) is 22.8 Å². The molecular weight excluding hydrogens is 608 g/mol. The lowest BCUT2D eigenvalue weighted by molar-refractivity contribution is -0.162. The number of esters is 1. The van der Waals surface area contributed by atoms with Crippen LogP contribution in [0.2, 0.25) is 0 Å². The van der Waals surface area contributed by atoms with E-state index in [0.29, 0.717) is 11.3 Å². The van der Waals surface area contributed by atoms with Crippen LogP contribution in [0.1, 0.15) is 59.1 Å². The van der Waals surface area contributed by atoms with Crippen LogP contribution in [0.3, 0.4) is 0 Å². The second kappa shape index (κ2) is 14.8. The average molecular weight is 653 g/mol. The molecule has 0 fully saturated rings. The number of methoxy groups -OCH3 is 3. The van der Waals surface area contributed by atoms with E-state index in [2.05, 4.69) is 0 Å². The van der Waals surface area contributed by atoms with Crippen LogP contribution in [0.25, 0.3) is 0 Å². The first-order valence-electron chi connectivity index (χ1n) is 14.0. The highest BCUT2D eigenvalue weighted by Crippen LogP contribution is 2.36. The quantitative estimate of drug-likeness (QED) is 0.244. The molecule has 0 spiro atoms. The van der Waals surface area contributed by atoms with Crippen molar-refractivity contribution < 1.29 is 50.7 Å². The Hall–Kier alpha value is -4.04. The number of carbonyl (C=O) groups is 3. The van der Waals surface area contributed by atoms with Crippen molar-refractivity contribution in [1.82, 2.24) is 4.90 Å². The van der Waals surface area contributed by atoms with Gasteiger partial charge in [-0.2, -0.15) is 8.42 Å². The summed E-state index contributed by atoms with van der Waals surface area (Å²) in [7, 11) is -0.286. The minimum atomic E-state index is -4.53. The number of primary amides is 1. The monoisotopic (exact) mass is 652 g/mol. The summed E-state index contributed by atoms with van der Waals surface area (Å²) in [6.45, 7) is 11.1. The molecule has 0 saturated heterocycles. The van der Waals surface area contributed by atoms with Crippen LogP contribution in [0.5, 0.6) is 17.2 Å². The third-order valence-electron chi connectivity index (χ3n) is 6.14. The number of hydrogen-bond donors (Lipinski definition) is 1. The molecule has 2 N–H and O–H groups in total. The number of aryl methyl sites for hydroxylation is 1. The number of ether oxygens (including phenoxy) is 5. The van der Waals surface area contributed by atoms with Crippen LogP contribution in [0.4, 0.5) is 4.79 Å². The van der Waals surface area contributed by atoms with E-state index in [1.54, 1.807) is 72.7 Å². The normalized spacial score (nSPS) is 13.3. The Labute approximate surface area is 265 Å². The van der Waals surface area contributed by atoms with Crippen molar-refractivity contribution >= 4 is 28.1 Å². The van der Waals surface area contributed by atoms with E-state index in [1.165, 1.54) is 33.5 Å². The highest BCUT2D eigenvalue weighted by atomic mass is 32.2. The first-order chi connectivity index (χ1) is 20.7. The predicted octanol–water partition coefficient (Wildman–Crippen LogP) is 4.12. The fraction of sp³-hybridized carbons (Fsp3) is 0.516. The van der Waals surface area contributed by atoms with E-state index in [0.717, 1.165) is 10.5 Å². The maximum atomic E-state index is 13.8. The number of benzene rings is 2. The summed E-state index contributed by atoms with van der Waals surface area (Å²) in [5, 5.41) is 0. The van der Waals surface area contributed by atoms with E-state index in [-0.39, 0.29) is 22.9 Å². The van der Waals surface area contributed by atoms with Crippen molar-refractivity contribution in [2.45, 2.75) is 89.7 Å². The molecule has 250 valence electrons. The molecule has 0 aliphatic carbocycles. The first kappa shape index (κ1) is 37.1. The number of hydrogen-bond acceptors (Lipinski definition) is 11. The fourth-order valence-electron chi connectivity index (χ4n) is 4.07. The summed E-state index contributed by atoms with van der Waals surface area (Å²) in [6, 6.07) is 7.19. The van der Waals surface area contributed by atoms with Crippen LogP contribution in [0, 0.1) is 6.92 Å². The molecule has 45 heavy (non-hydrogen) atoms. The SMILES string of the molecule is COc1cc(OC)c(CN(C(=O)OC(C)(C)C)[C@@H](C[C@H](OS(=O)(=O)c2ccc(C)cc2)C(N)=O)C(=O)OC(C)(C)C)c(OC)c1. The fourth-order valence-corrected chi connectivity index (χ4v) is 5.13. The standard InChI is InChI=1S/C31H44N2O11S/c1-19-11-13-21(14-12-19)45(37,38)44-26(27(32)34)17-23(28(35)42-30(2,3)4)33(29(36)43-31(5,6)7)18-22-24(40-9)15-20(39-8)16-25(22)41-10/h11-16,23,26H,17-18H2,1-10H3,(H2,32,34)/t23-,26-/m0/s1. The number of amides is 2. The summed E-state index contributed by atoms with van der Waals surface area (Å²) in [5.41, 5.74) is 4.65. The molecular formula is C31H44N2O11S. The summed E-state index contributed by atoms with van der Waals surface area (Å²) in [6.07, 6.45) is -3.57. The van der Waals surface area contributed by atoms with Gasteiger partial charge in [0.15, 0.2) is 6.10 Å². The van der Waals surface area contributed by atoms with Gasteiger partial charge in [0, 0.05) is 18.6 Å². The van der Waals surface area contributed by atoms with Crippen molar-refractivity contribution in [3.63, 3.8) is 0 Å². The summed E-state index contributed by atoms with van der Waals surface area (Å²) >= 11 is 0. The summed E-state index contributed by atoms with van der Waals surface area (Å²) < 4.78 is 59.3. The molecule has 0 radical (unpaired) electrons. The Kier molecular flexibility index (Phi) is 12.2. The van der Waals surface area contributed by atoms with Crippen LogP contribution < -0.4 is 19.9 Å². The molecule has 13 nitrogen and oxygen atoms in total. The van der Waals surface area contributed by atoms with E-state index in [4.69, 9.17) is 33.6 Å². The number of nitrogens with zero attached hydrogens (tertiary/aromatic N) is 1. The van der Waals surface area contributed by atoms with Gasteiger partial charge in [0.05, 0.1) is 38.3 Å². The Morgan fingerprint density at radius 2 is 1.36 bits per heavy atom. The van der Waals surface area contributed by atoms with E-state index < -0.39 is 57.9 Å². The smallest absolute Gasteiger partial charge is 0.411 e. The lowest BCUT2D eigenvalue weighted by atomic mass is 10.0. The largest absolute Gasteiger partial charge is 0.496 e. The molecule has 2 rings (SSSR count). The second-order valence-electron chi connectivity index (χ2n) is 12.2. The van der Waals surface area contributed by atoms with Crippen LogP contribution in [-0.2, 0) is 39.9 Å². The third kappa shape index (κ3) is 10.8. The van der Waals surface area contributed by atoms with Gasteiger partial charge in [-0.3, -0.25) is 13.9 Å². The van der Waals surface area contributed by atoms with Crippen molar-refractivity contribution in [2.75, 3.05) is 21.3 Å². The zero-order valence-corrected chi connectivity index (χ0v) is 28.3. The Morgan fingerprint density at radius 3 is 1.78 bits per heavy atom. The molecule has 0 saturated carbocycles. The first-order valence-corrected chi connectivity index (χ1v) is 15.4. The summed E-state index contributed by atoms with van der Waals surface area (Å²) in [4.78, 5) is 41.0. The highest BCUT2D eigenvalue weighted by molar-refractivity contribution is 7.86. The van der Waals surface area contributed by atoms with Crippen LogP contribution in [-0.4, -0.2) is 76.0 Å². The van der Waals surface area contributed by atoms with Gasteiger partial charge in [0.25, 0.3) is 10.1 Å². The number of rotatable bonds is 13. The molecule has 2 aromatic carbocycles. The predicted molar refractivity (Wildman–Crippen MR) is 165 cm³/mol. The van der Waals surface area contributed by atoms with E-state index in [1.807, 2.05) is 0 Å². The van der Waals surface area contributed by atoms with E-state index >= 15 is 0 Å². The Bertz CT molecular complexity index is 1430. The zero-order chi connectivity index (χ0) is 34.3. The van der Waals surface area contributed by atoms with Gasteiger partial charge in [-0.15, -0.1) is 0 Å². The lowest BCUT2D eigenvalue weighted by Gasteiger charge is -2.35. The molecule has 0 heterocycles. The van der Waals surface area contributed by atoms with Gasteiger partial charge in [0.2, 0.25) is 5.91 Å². The van der Waals surface area contributed by atoms with Gasteiger partial charge in [-0.25, -0.2) is 9.59 Å². The average Bonchev–Trinajstić information content (AvgIpc) is 2.91. The van der Waals surface area contributed by atoms with Gasteiger partial charge < -0.3 is 29.4 Å². The van der Waals surface area contributed by atoms with Crippen molar-refractivity contribution in [1.29, 1.82) is 0 Å². The van der Waals surface area contributed by atoms with Crippen molar-refractivity contribution in [3.8, 4) is 17.2 Å². The molecule has 0 unspecified atom stereocenters. The Balaban J connectivity index is 2.73. The minimum absolute atomic E-state index is 0.232. The van der Waals surface area contributed by atoms with Crippen LogP contribution >= 0.6 is 0 Å². The zero-order valence-electron chi connectivity index (χ0n) is 27.5. The molecule has 0 aliphatic heterocycles. The third-order valence-corrected chi connectivity index (χ3v) is 7.47.